The number of hydrogen-bond acceptors (Lipinski definition) is 3. The smallest absolute Gasteiger partial charge is 0.332 e. The molecule has 1 amide bonds. The molecule has 1 aliphatic rings. The number of carbonyl (C=O) groups excluding carboxylic acids is 1. The predicted octanol–water partition coefficient (Wildman–Crippen LogP) is 3.50. The van der Waals surface area contributed by atoms with Crippen LogP contribution in [0.1, 0.15) is 15.9 Å². The highest BCUT2D eigenvalue weighted by molar-refractivity contribution is 6.05. The zero-order chi connectivity index (χ0) is 18.3. The number of carboxylic acid groups (broad SMARTS) is 1. The number of nitrogens with zero attached hydrogens (tertiary/aromatic N) is 2. The van der Waals surface area contributed by atoms with E-state index in [-0.39, 0.29) is 18.0 Å². The van der Waals surface area contributed by atoms with Gasteiger partial charge in [0.05, 0.1) is 12.2 Å². The van der Waals surface area contributed by atoms with Gasteiger partial charge in [0.25, 0.3) is 5.91 Å². The largest absolute Gasteiger partial charge is 0.478 e. The molecule has 1 aromatic heterocycles. The summed E-state index contributed by atoms with van der Waals surface area (Å²) in [5.41, 5.74) is 3.39. The van der Waals surface area contributed by atoms with Gasteiger partial charge in [-0.2, -0.15) is 0 Å². The molecule has 5 nitrogen and oxygen atoms in total. The second-order valence-electron chi connectivity index (χ2n) is 6.31. The first-order chi connectivity index (χ1) is 12.5. The minimum Gasteiger partial charge on any atom is -0.478 e. The average molecular weight is 344 g/mol. The van der Waals surface area contributed by atoms with E-state index in [1.807, 2.05) is 48.5 Å². The number of carboxylic acids is 1. The molecule has 0 fully saturated rings. The quantitative estimate of drug-likeness (QED) is 0.736. The van der Waals surface area contributed by atoms with Crippen LogP contribution in [0.15, 0.2) is 66.9 Å². The molecule has 128 valence electrons. The van der Waals surface area contributed by atoms with Crippen molar-refractivity contribution in [2.75, 3.05) is 6.54 Å². The monoisotopic (exact) mass is 344 g/mol. The minimum absolute atomic E-state index is 0.00429. The van der Waals surface area contributed by atoms with E-state index in [9.17, 15) is 9.59 Å². The molecule has 5 heteroatoms. The lowest BCUT2D eigenvalue weighted by Crippen LogP contribution is -2.28. The molecule has 0 aliphatic carbocycles. The molecule has 0 unspecified atom stereocenters. The number of amides is 1. The van der Waals surface area contributed by atoms with Crippen molar-refractivity contribution >= 4 is 22.6 Å². The van der Waals surface area contributed by atoms with Gasteiger partial charge in [0.2, 0.25) is 0 Å². The maximum atomic E-state index is 12.6. The van der Waals surface area contributed by atoms with Crippen LogP contribution < -0.4 is 0 Å². The molecule has 4 rings (SSSR count). The van der Waals surface area contributed by atoms with Crippen LogP contribution in [0.25, 0.3) is 22.0 Å². The number of carbonyl (C=O) groups is 2. The van der Waals surface area contributed by atoms with E-state index in [1.165, 1.54) is 4.90 Å². The Morgan fingerprint density at radius 1 is 1.19 bits per heavy atom. The topological polar surface area (TPSA) is 70.5 Å². The molecule has 2 heterocycles. The minimum atomic E-state index is -1.09. The van der Waals surface area contributed by atoms with Crippen LogP contribution in [0, 0.1) is 0 Å². The Balaban J connectivity index is 1.77. The van der Waals surface area contributed by atoms with Gasteiger partial charge >= 0.3 is 5.97 Å². The van der Waals surface area contributed by atoms with Crippen molar-refractivity contribution in [2.45, 2.75) is 6.54 Å². The first-order valence-electron chi connectivity index (χ1n) is 8.22. The highest BCUT2D eigenvalue weighted by Gasteiger charge is 2.29. The van der Waals surface area contributed by atoms with E-state index in [0.717, 1.165) is 27.6 Å². The van der Waals surface area contributed by atoms with Crippen molar-refractivity contribution in [1.29, 1.82) is 0 Å². The Kier molecular flexibility index (Phi) is 3.77. The fraction of sp³-hybridized carbons (Fsp3) is 0.0952. The van der Waals surface area contributed by atoms with E-state index in [4.69, 9.17) is 5.11 Å². The molecular formula is C21H16N2O3. The van der Waals surface area contributed by atoms with Crippen LogP contribution >= 0.6 is 0 Å². The van der Waals surface area contributed by atoms with Gasteiger partial charge in [-0.3, -0.25) is 9.78 Å². The van der Waals surface area contributed by atoms with Crippen molar-refractivity contribution in [3.8, 4) is 11.3 Å². The number of rotatable bonds is 4. The number of pyridine rings is 1. The van der Waals surface area contributed by atoms with Crippen molar-refractivity contribution < 1.29 is 14.7 Å². The summed E-state index contributed by atoms with van der Waals surface area (Å²) in [5, 5.41) is 11.1. The zero-order valence-corrected chi connectivity index (χ0v) is 14.0. The number of hydrogen-bond donors (Lipinski definition) is 1. The summed E-state index contributed by atoms with van der Waals surface area (Å²) in [5.74, 6) is -1.25. The summed E-state index contributed by atoms with van der Waals surface area (Å²) < 4.78 is 0. The molecule has 26 heavy (non-hydrogen) atoms. The summed E-state index contributed by atoms with van der Waals surface area (Å²) in [6, 6.07) is 15.5. The second-order valence-corrected chi connectivity index (χ2v) is 6.31. The third-order valence-electron chi connectivity index (χ3n) is 4.64. The molecule has 2 aromatic carbocycles. The molecule has 0 saturated carbocycles. The van der Waals surface area contributed by atoms with Gasteiger partial charge in [0, 0.05) is 29.4 Å². The summed E-state index contributed by atoms with van der Waals surface area (Å²) >= 11 is 0. The van der Waals surface area contributed by atoms with Crippen molar-refractivity contribution in [3.05, 3.63) is 78.0 Å². The first-order valence-corrected chi connectivity index (χ1v) is 8.22. The first kappa shape index (κ1) is 16.0. The third kappa shape index (κ3) is 2.63. The lowest BCUT2D eigenvalue weighted by molar-refractivity contribution is -0.132. The van der Waals surface area contributed by atoms with Crippen LogP contribution in [-0.4, -0.2) is 33.4 Å². The Morgan fingerprint density at radius 2 is 2.00 bits per heavy atom. The number of fused-ring (bicyclic) bond motifs is 3. The summed E-state index contributed by atoms with van der Waals surface area (Å²) in [7, 11) is 0. The summed E-state index contributed by atoms with van der Waals surface area (Å²) in [6.07, 6.45) is 1.75. The molecule has 3 aromatic rings. The van der Waals surface area contributed by atoms with Crippen molar-refractivity contribution in [1.82, 2.24) is 9.88 Å². The number of benzene rings is 2. The van der Waals surface area contributed by atoms with Gasteiger partial charge in [-0.1, -0.05) is 30.8 Å². The number of aliphatic carboxylic acids is 1. The maximum Gasteiger partial charge on any atom is 0.332 e. The molecule has 1 N–H and O–H groups in total. The normalized spacial score (nSPS) is 13.1. The highest BCUT2D eigenvalue weighted by atomic mass is 16.4. The predicted molar refractivity (Wildman–Crippen MR) is 98.7 cm³/mol. The lowest BCUT2D eigenvalue weighted by Gasteiger charge is -2.15. The highest BCUT2D eigenvalue weighted by Crippen LogP contribution is 2.33. The summed E-state index contributed by atoms with van der Waals surface area (Å²) in [4.78, 5) is 29.6. The second kappa shape index (κ2) is 6.11. The van der Waals surface area contributed by atoms with E-state index >= 15 is 0 Å². The zero-order valence-electron chi connectivity index (χ0n) is 14.0. The fourth-order valence-corrected chi connectivity index (χ4v) is 3.30. The number of aromatic nitrogens is 1. The van der Waals surface area contributed by atoms with Gasteiger partial charge in [0.15, 0.2) is 0 Å². The van der Waals surface area contributed by atoms with Crippen LogP contribution in [0.5, 0.6) is 0 Å². The Hall–Kier alpha value is -3.47. The molecule has 0 saturated heterocycles. The third-order valence-corrected chi connectivity index (χ3v) is 4.64. The lowest BCUT2D eigenvalue weighted by atomic mass is 9.98. The van der Waals surface area contributed by atoms with Gasteiger partial charge in [-0.05, 0) is 40.6 Å². The van der Waals surface area contributed by atoms with E-state index in [0.29, 0.717) is 12.1 Å². The average Bonchev–Trinajstić information content (AvgIpc) is 2.98. The van der Waals surface area contributed by atoms with E-state index in [2.05, 4.69) is 11.6 Å². The molecule has 0 bridgehead atoms. The standard InChI is InChI=1S/C21H16N2O3/c1-13(21(25)26)11-23-12-18-16(20(23)24)8-7-14-5-6-15(10-17(14)18)19-4-2-3-9-22-19/h2-10H,1,11-12H2,(H,25,26). The van der Waals surface area contributed by atoms with Gasteiger partial charge in [0.1, 0.15) is 0 Å². The molecule has 0 spiro atoms. The summed E-state index contributed by atoms with van der Waals surface area (Å²) in [6.45, 7) is 3.93. The molecular weight excluding hydrogens is 328 g/mol. The van der Waals surface area contributed by atoms with Crippen LogP contribution in [0.4, 0.5) is 0 Å². The Morgan fingerprint density at radius 3 is 2.73 bits per heavy atom. The molecule has 1 aliphatic heterocycles. The van der Waals surface area contributed by atoms with Gasteiger partial charge in [-0.25, -0.2) is 4.79 Å². The molecule has 0 radical (unpaired) electrons. The van der Waals surface area contributed by atoms with Crippen LogP contribution in [-0.2, 0) is 11.3 Å². The van der Waals surface area contributed by atoms with Crippen molar-refractivity contribution in [2.24, 2.45) is 0 Å². The SMILES string of the molecule is C=C(CN1Cc2c(ccc3ccc(-c4ccccn4)cc23)C1=O)C(=O)O. The maximum absolute atomic E-state index is 12.6. The van der Waals surface area contributed by atoms with Crippen LogP contribution in [0.2, 0.25) is 0 Å². The van der Waals surface area contributed by atoms with E-state index < -0.39 is 5.97 Å². The van der Waals surface area contributed by atoms with E-state index in [1.54, 1.807) is 6.20 Å². The van der Waals surface area contributed by atoms with Crippen molar-refractivity contribution in [3.63, 3.8) is 0 Å². The Labute approximate surface area is 150 Å². The van der Waals surface area contributed by atoms with Gasteiger partial charge < -0.3 is 10.0 Å². The van der Waals surface area contributed by atoms with Gasteiger partial charge in [-0.15, -0.1) is 0 Å². The fourth-order valence-electron chi connectivity index (χ4n) is 3.30. The van der Waals surface area contributed by atoms with Crippen LogP contribution in [0.3, 0.4) is 0 Å². The molecule has 0 atom stereocenters. The Bertz CT molecular complexity index is 1060.